The van der Waals surface area contributed by atoms with Gasteiger partial charge in [0.15, 0.2) is 5.65 Å². The summed E-state index contributed by atoms with van der Waals surface area (Å²) in [4.78, 5) is 4.64. The van der Waals surface area contributed by atoms with E-state index in [0.717, 1.165) is 45.0 Å². The van der Waals surface area contributed by atoms with Crippen molar-refractivity contribution in [1.82, 2.24) is 14.6 Å². The first-order chi connectivity index (χ1) is 13.5. The van der Waals surface area contributed by atoms with Crippen LogP contribution in [0.3, 0.4) is 0 Å². The molecule has 5 heteroatoms. The standard InChI is InChI=1S/C23H24N4O/c1-15-9-10-21(20(11-15)22(28)18-7-5-4-6-8-18)24-13-19-14-25-27-17(3)12-16(2)26-23(19)27/h4-12,14,22,24,28H,13H2,1-3H3. The molecule has 0 fully saturated rings. The molecule has 4 aromatic rings. The van der Waals surface area contributed by atoms with Gasteiger partial charge in [-0.2, -0.15) is 5.10 Å². The second-order valence-electron chi connectivity index (χ2n) is 7.20. The lowest BCUT2D eigenvalue weighted by atomic mass is 9.98. The first-order valence-electron chi connectivity index (χ1n) is 9.41. The smallest absolute Gasteiger partial charge is 0.160 e. The predicted molar refractivity (Wildman–Crippen MR) is 111 cm³/mol. The van der Waals surface area contributed by atoms with Crippen LogP contribution in [-0.2, 0) is 6.54 Å². The number of rotatable bonds is 5. The van der Waals surface area contributed by atoms with Crippen LogP contribution in [0.25, 0.3) is 5.65 Å². The molecule has 0 spiro atoms. The summed E-state index contributed by atoms with van der Waals surface area (Å²) in [6.07, 6.45) is 1.17. The molecule has 0 aliphatic carbocycles. The summed E-state index contributed by atoms with van der Waals surface area (Å²) < 4.78 is 1.86. The highest BCUT2D eigenvalue weighted by Gasteiger charge is 2.16. The predicted octanol–water partition coefficient (Wildman–Crippen LogP) is 4.35. The molecule has 0 radical (unpaired) electrons. The number of anilines is 1. The number of hydrogen-bond donors (Lipinski definition) is 2. The molecule has 1 atom stereocenters. The molecule has 28 heavy (non-hydrogen) atoms. The lowest BCUT2D eigenvalue weighted by Gasteiger charge is -2.18. The number of aromatic nitrogens is 3. The van der Waals surface area contributed by atoms with Gasteiger partial charge < -0.3 is 10.4 Å². The first kappa shape index (κ1) is 18.2. The molecule has 0 saturated carbocycles. The highest BCUT2D eigenvalue weighted by atomic mass is 16.3. The van der Waals surface area contributed by atoms with Crippen LogP contribution in [0.1, 0.15) is 39.7 Å². The minimum atomic E-state index is -0.685. The minimum Gasteiger partial charge on any atom is -0.384 e. The molecule has 1 unspecified atom stereocenters. The topological polar surface area (TPSA) is 62.5 Å². The summed E-state index contributed by atoms with van der Waals surface area (Å²) >= 11 is 0. The van der Waals surface area contributed by atoms with E-state index in [1.807, 2.05) is 86.1 Å². The Labute approximate surface area is 164 Å². The number of hydrogen-bond acceptors (Lipinski definition) is 4. The van der Waals surface area contributed by atoms with Crippen LogP contribution in [0, 0.1) is 20.8 Å². The Kier molecular flexibility index (Phi) is 4.84. The molecule has 2 aromatic heterocycles. The molecular formula is C23H24N4O. The van der Waals surface area contributed by atoms with E-state index < -0.39 is 6.10 Å². The van der Waals surface area contributed by atoms with E-state index in [4.69, 9.17) is 0 Å². The van der Waals surface area contributed by atoms with E-state index in [1.54, 1.807) is 0 Å². The largest absolute Gasteiger partial charge is 0.384 e. The number of fused-ring (bicyclic) bond motifs is 1. The second-order valence-corrected chi connectivity index (χ2v) is 7.20. The monoisotopic (exact) mass is 372 g/mol. The average molecular weight is 372 g/mol. The highest BCUT2D eigenvalue weighted by molar-refractivity contribution is 5.57. The van der Waals surface area contributed by atoms with Crippen molar-refractivity contribution in [1.29, 1.82) is 0 Å². The van der Waals surface area contributed by atoms with Gasteiger partial charge in [0.25, 0.3) is 0 Å². The number of aryl methyl sites for hydroxylation is 3. The molecule has 142 valence electrons. The number of nitrogens with zero attached hydrogens (tertiary/aromatic N) is 3. The summed E-state index contributed by atoms with van der Waals surface area (Å²) in [6.45, 7) is 6.63. The van der Waals surface area contributed by atoms with Crippen LogP contribution >= 0.6 is 0 Å². The maximum absolute atomic E-state index is 10.9. The van der Waals surface area contributed by atoms with Crippen LogP contribution in [0.2, 0.25) is 0 Å². The molecular weight excluding hydrogens is 348 g/mol. The fourth-order valence-corrected chi connectivity index (χ4v) is 3.52. The third-order valence-corrected chi connectivity index (χ3v) is 4.94. The number of aliphatic hydroxyl groups excluding tert-OH is 1. The summed E-state index contributed by atoms with van der Waals surface area (Å²) in [6, 6.07) is 17.8. The van der Waals surface area contributed by atoms with Gasteiger partial charge >= 0.3 is 0 Å². The van der Waals surface area contributed by atoms with Crippen LogP contribution in [0.5, 0.6) is 0 Å². The lowest BCUT2D eigenvalue weighted by Crippen LogP contribution is -2.08. The van der Waals surface area contributed by atoms with Crippen LogP contribution < -0.4 is 5.32 Å². The van der Waals surface area contributed by atoms with Crippen LogP contribution in [0.15, 0.2) is 60.8 Å². The quantitative estimate of drug-likeness (QED) is 0.547. The Bertz CT molecular complexity index is 1120. The molecule has 0 aliphatic heterocycles. The van der Waals surface area contributed by atoms with Gasteiger partial charge in [0.05, 0.1) is 6.20 Å². The maximum Gasteiger partial charge on any atom is 0.160 e. The molecule has 4 rings (SSSR count). The van der Waals surface area contributed by atoms with Gasteiger partial charge in [0.2, 0.25) is 0 Å². The maximum atomic E-state index is 10.9. The zero-order chi connectivity index (χ0) is 19.7. The first-order valence-corrected chi connectivity index (χ1v) is 9.41. The summed E-state index contributed by atoms with van der Waals surface area (Å²) in [5.41, 5.74) is 7.68. The third kappa shape index (κ3) is 3.49. The van der Waals surface area contributed by atoms with Crippen molar-refractivity contribution in [3.05, 3.63) is 94.4 Å². The zero-order valence-electron chi connectivity index (χ0n) is 16.3. The minimum absolute atomic E-state index is 0.580. The normalized spacial score (nSPS) is 12.3. The number of benzene rings is 2. The molecule has 0 amide bonds. The van der Waals surface area contributed by atoms with Crippen molar-refractivity contribution in [2.45, 2.75) is 33.4 Å². The fraction of sp³-hybridized carbons (Fsp3) is 0.217. The molecule has 5 nitrogen and oxygen atoms in total. The Balaban J connectivity index is 1.64. The van der Waals surface area contributed by atoms with Gasteiger partial charge in [-0.1, -0.05) is 48.0 Å². The molecule has 0 bridgehead atoms. The van der Waals surface area contributed by atoms with Crippen molar-refractivity contribution in [3.8, 4) is 0 Å². The Hall–Kier alpha value is -3.18. The second kappa shape index (κ2) is 7.44. The summed E-state index contributed by atoms with van der Waals surface area (Å²) in [5.74, 6) is 0. The third-order valence-electron chi connectivity index (χ3n) is 4.94. The average Bonchev–Trinajstić information content (AvgIpc) is 3.10. The van der Waals surface area contributed by atoms with Gasteiger partial charge in [-0.15, -0.1) is 0 Å². The highest BCUT2D eigenvalue weighted by Crippen LogP contribution is 2.30. The van der Waals surface area contributed by atoms with E-state index in [0.29, 0.717) is 6.54 Å². The van der Waals surface area contributed by atoms with Gasteiger partial charge in [-0.05, 0) is 38.5 Å². The Morgan fingerprint density at radius 3 is 2.61 bits per heavy atom. The molecule has 2 heterocycles. The van der Waals surface area contributed by atoms with Crippen molar-refractivity contribution in [3.63, 3.8) is 0 Å². The van der Waals surface area contributed by atoms with Crippen molar-refractivity contribution < 1.29 is 5.11 Å². The van der Waals surface area contributed by atoms with Gasteiger partial charge in [0, 0.05) is 34.7 Å². The van der Waals surface area contributed by atoms with Crippen molar-refractivity contribution in [2.24, 2.45) is 0 Å². The molecule has 2 N–H and O–H groups in total. The Morgan fingerprint density at radius 1 is 1.04 bits per heavy atom. The van der Waals surface area contributed by atoms with Crippen molar-refractivity contribution >= 4 is 11.3 Å². The van der Waals surface area contributed by atoms with E-state index in [1.165, 1.54) is 0 Å². The van der Waals surface area contributed by atoms with E-state index in [2.05, 4.69) is 15.4 Å². The molecule has 0 aliphatic rings. The SMILES string of the molecule is Cc1ccc(NCc2cnn3c(C)cc(C)nc23)c(C(O)c2ccccc2)c1. The number of aliphatic hydroxyl groups is 1. The fourth-order valence-electron chi connectivity index (χ4n) is 3.52. The summed E-state index contributed by atoms with van der Waals surface area (Å²) in [5, 5.41) is 18.9. The zero-order valence-corrected chi connectivity index (χ0v) is 16.3. The number of nitrogens with one attached hydrogen (secondary N) is 1. The van der Waals surface area contributed by atoms with Crippen molar-refractivity contribution in [2.75, 3.05) is 5.32 Å². The van der Waals surface area contributed by atoms with Gasteiger partial charge in [0.1, 0.15) is 6.10 Å². The van der Waals surface area contributed by atoms with Gasteiger partial charge in [-0.25, -0.2) is 9.50 Å². The van der Waals surface area contributed by atoms with Gasteiger partial charge in [-0.3, -0.25) is 0 Å². The lowest BCUT2D eigenvalue weighted by molar-refractivity contribution is 0.221. The molecule has 0 saturated heterocycles. The Morgan fingerprint density at radius 2 is 1.82 bits per heavy atom. The van der Waals surface area contributed by atoms with E-state index in [-0.39, 0.29) is 0 Å². The van der Waals surface area contributed by atoms with Crippen LogP contribution in [0.4, 0.5) is 5.69 Å². The van der Waals surface area contributed by atoms with Crippen LogP contribution in [-0.4, -0.2) is 19.7 Å². The van der Waals surface area contributed by atoms with E-state index >= 15 is 0 Å². The molecule has 2 aromatic carbocycles. The van der Waals surface area contributed by atoms with E-state index in [9.17, 15) is 5.11 Å². The summed E-state index contributed by atoms with van der Waals surface area (Å²) in [7, 11) is 0.